The van der Waals surface area contributed by atoms with Gasteiger partial charge in [0, 0.05) is 0 Å². The van der Waals surface area contributed by atoms with Crippen molar-refractivity contribution >= 4 is 15.9 Å². The van der Waals surface area contributed by atoms with Gasteiger partial charge >= 0.3 is 0 Å². The molecule has 0 radical (unpaired) electrons. The van der Waals surface area contributed by atoms with Gasteiger partial charge in [0.25, 0.3) is 0 Å². The van der Waals surface area contributed by atoms with Crippen LogP contribution in [0.4, 0.5) is 0 Å². The van der Waals surface area contributed by atoms with Gasteiger partial charge in [0.05, 0.1) is 5.69 Å². The van der Waals surface area contributed by atoms with Gasteiger partial charge in [-0.1, -0.05) is 6.07 Å². The number of nitrogens with zero attached hydrogens (tertiary/aromatic N) is 1. The summed E-state index contributed by atoms with van der Waals surface area (Å²) in [4.78, 5) is 4.23. The molecule has 0 aliphatic rings. The fourth-order valence-electron chi connectivity index (χ4n) is 0.698. The van der Waals surface area contributed by atoms with Crippen LogP contribution in [0.25, 0.3) is 0 Å². The molecule has 2 nitrogen and oxygen atoms in total. The minimum Gasteiger partial charge on any atom is -1.00 e. The number of pyridine rings is 1. The summed E-state index contributed by atoms with van der Waals surface area (Å²) in [5.74, 6) is 0. The first-order valence-corrected chi connectivity index (χ1v) is 3.95. The molecule has 0 fully saturated rings. The molecule has 0 saturated carbocycles. The summed E-state index contributed by atoms with van der Waals surface area (Å²) >= 11 is 3.29. The third-order valence-electron chi connectivity index (χ3n) is 1.24. The standard InChI is InChI=1S/C7H9BrN2.ClH/c1-5(9)6-3-2-4-7(8)10-6;/h2-5H,9H2,1H3;1H/t5-;/m0./s1. The summed E-state index contributed by atoms with van der Waals surface area (Å²) in [6, 6.07) is 6.11. The van der Waals surface area contributed by atoms with Gasteiger partial charge in [-0.25, -0.2) is 4.98 Å². The Bertz CT molecular complexity index is 227. The van der Waals surface area contributed by atoms with Crippen LogP contribution in [0, 0.1) is 0 Å². The summed E-state index contributed by atoms with van der Waals surface area (Å²) < 4.78 is 0.875. The van der Waals surface area contributed by atoms with Crippen molar-refractivity contribution in [3.05, 3.63) is 28.5 Å². The molecule has 1 aromatic heterocycles. The summed E-state index contributed by atoms with van der Waals surface area (Å²) in [5.41, 5.74) is 4.89. The van der Waals surface area contributed by atoms with E-state index < -0.39 is 0 Å². The lowest BCUT2D eigenvalue weighted by Gasteiger charge is -1.99. The lowest BCUT2D eigenvalue weighted by molar-refractivity contribution is -0.421. The molecule has 0 amide bonds. The second kappa shape index (κ2) is 4.70. The Morgan fingerprint density at radius 2 is 2.18 bits per heavy atom. The molecule has 1 rings (SSSR count). The number of quaternary nitrogens is 1. The van der Waals surface area contributed by atoms with Crippen molar-refractivity contribution in [1.82, 2.24) is 4.98 Å². The number of hydrogen-bond donors (Lipinski definition) is 1. The topological polar surface area (TPSA) is 40.5 Å². The van der Waals surface area contributed by atoms with E-state index in [0.29, 0.717) is 0 Å². The van der Waals surface area contributed by atoms with Crippen LogP contribution in [-0.2, 0) is 0 Å². The zero-order valence-electron chi connectivity index (χ0n) is 6.22. The van der Waals surface area contributed by atoms with Gasteiger partial charge in [-0.15, -0.1) is 0 Å². The maximum absolute atomic E-state index is 4.23. The maximum atomic E-state index is 4.23. The van der Waals surface area contributed by atoms with E-state index in [1.165, 1.54) is 0 Å². The largest absolute Gasteiger partial charge is 1.00 e. The zero-order valence-corrected chi connectivity index (χ0v) is 8.56. The number of hydrogen-bond acceptors (Lipinski definition) is 1. The summed E-state index contributed by atoms with van der Waals surface area (Å²) in [6.45, 7) is 2.02. The Morgan fingerprint density at radius 1 is 1.55 bits per heavy atom. The fraction of sp³-hybridized carbons (Fsp3) is 0.286. The first kappa shape index (κ1) is 10.9. The van der Waals surface area contributed by atoms with Gasteiger partial charge in [-0.3, -0.25) is 0 Å². The first-order valence-electron chi connectivity index (χ1n) is 3.15. The highest BCUT2D eigenvalue weighted by molar-refractivity contribution is 9.10. The average molecular weight is 238 g/mol. The predicted octanol–water partition coefficient (Wildman–Crippen LogP) is -1.85. The van der Waals surface area contributed by atoms with Crippen LogP contribution in [0.1, 0.15) is 18.7 Å². The van der Waals surface area contributed by atoms with Crippen molar-refractivity contribution in [1.29, 1.82) is 0 Å². The van der Waals surface area contributed by atoms with Crippen molar-refractivity contribution in [3.63, 3.8) is 0 Å². The average Bonchev–Trinajstić information content (AvgIpc) is 1.88. The van der Waals surface area contributed by atoms with Gasteiger partial charge in [0.2, 0.25) is 0 Å². The molecule has 0 saturated heterocycles. The predicted molar refractivity (Wildman–Crippen MR) is 43.2 cm³/mol. The summed E-state index contributed by atoms with van der Waals surface area (Å²) in [5, 5.41) is 0. The maximum Gasteiger partial charge on any atom is 0.124 e. The van der Waals surface area contributed by atoms with Crippen molar-refractivity contribution < 1.29 is 18.1 Å². The number of aromatic nitrogens is 1. The van der Waals surface area contributed by atoms with E-state index in [1.54, 1.807) is 0 Å². The van der Waals surface area contributed by atoms with Crippen molar-refractivity contribution in [2.45, 2.75) is 13.0 Å². The lowest BCUT2D eigenvalue weighted by Crippen LogP contribution is -3.00. The Kier molecular flexibility index (Phi) is 4.65. The highest BCUT2D eigenvalue weighted by Crippen LogP contribution is 2.09. The molecule has 62 valence electrons. The van der Waals surface area contributed by atoms with Crippen LogP contribution in [-0.4, -0.2) is 4.98 Å². The monoisotopic (exact) mass is 236 g/mol. The molecule has 0 bridgehead atoms. The SMILES string of the molecule is C[C@H]([NH3+])c1cccc(Br)n1.[Cl-]. The van der Waals surface area contributed by atoms with Crippen molar-refractivity contribution in [2.24, 2.45) is 0 Å². The Balaban J connectivity index is 0.000001000. The molecule has 1 aromatic rings. The van der Waals surface area contributed by atoms with Crippen molar-refractivity contribution in [2.75, 3.05) is 0 Å². The lowest BCUT2D eigenvalue weighted by atomic mass is 10.2. The van der Waals surface area contributed by atoms with E-state index in [2.05, 4.69) is 26.6 Å². The highest BCUT2D eigenvalue weighted by Gasteiger charge is 2.02. The summed E-state index contributed by atoms with van der Waals surface area (Å²) in [7, 11) is 0. The minimum atomic E-state index is 0. The molecular formula is C7H10BrClN2. The van der Waals surface area contributed by atoms with Crippen molar-refractivity contribution in [3.8, 4) is 0 Å². The fourth-order valence-corrected chi connectivity index (χ4v) is 1.06. The van der Waals surface area contributed by atoms with Gasteiger partial charge in [0.1, 0.15) is 10.6 Å². The van der Waals surface area contributed by atoms with Crippen LogP contribution >= 0.6 is 15.9 Å². The smallest absolute Gasteiger partial charge is 0.124 e. The third kappa shape index (κ3) is 3.18. The Labute approximate surface area is 80.7 Å². The van der Waals surface area contributed by atoms with Gasteiger partial charge in [-0.2, -0.15) is 0 Å². The van der Waals surface area contributed by atoms with E-state index in [4.69, 9.17) is 0 Å². The van der Waals surface area contributed by atoms with Crippen LogP contribution in [0.5, 0.6) is 0 Å². The Hall–Kier alpha value is -0.120. The zero-order chi connectivity index (χ0) is 7.56. The van der Waals surface area contributed by atoms with E-state index in [-0.39, 0.29) is 18.4 Å². The minimum absolute atomic E-state index is 0. The quantitative estimate of drug-likeness (QED) is 0.573. The molecule has 11 heavy (non-hydrogen) atoms. The van der Waals surface area contributed by atoms with E-state index in [0.717, 1.165) is 10.3 Å². The third-order valence-corrected chi connectivity index (χ3v) is 1.68. The molecule has 0 aliphatic carbocycles. The van der Waals surface area contributed by atoms with Crippen LogP contribution in [0.3, 0.4) is 0 Å². The number of halogens is 2. The molecule has 4 heteroatoms. The molecule has 0 unspecified atom stereocenters. The molecule has 0 aromatic carbocycles. The number of rotatable bonds is 1. The summed E-state index contributed by atoms with van der Waals surface area (Å²) in [6.07, 6.45) is 0. The second-order valence-corrected chi connectivity index (χ2v) is 3.10. The Morgan fingerprint density at radius 3 is 2.55 bits per heavy atom. The molecule has 1 heterocycles. The normalized spacial score (nSPS) is 11.9. The molecule has 0 spiro atoms. The van der Waals surface area contributed by atoms with Gasteiger partial charge in [0.15, 0.2) is 0 Å². The van der Waals surface area contributed by atoms with E-state index >= 15 is 0 Å². The first-order chi connectivity index (χ1) is 4.70. The highest BCUT2D eigenvalue weighted by atomic mass is 79.9. The van der Waals surface area contributed by atoms with Crippen LogP contribution < -0.4 is 18.1 Å². The van der Waals surface area contributed by atoms with E-state index in [9.17, 15) is 0 Å². The molecular weight excluding hydrogens is 227 g/mol. The molecule has 0 aliphatic heterocycles. The molecule has 3 N–H and O–H groups in total. The van der Waals surface area contributed by atoms with Gasteiger partial charge in [-0.05, 0) is 35.0 Å². The van der Waals surface area contributed by atoms with Gasteiger partial charge < -0.3 is 18.1 Å². The van der Waals surface area contributed by atoms with Crippen LogP contribution in [0.2, 0.25) is 0 Å². The molecule has 1 atom stereocenters. The van der Waals surface area contributed by atoms with E-state index in [1.807, 2.05) is 25.1 Å². The van der Waals surface area contributed by atoms with Crippen LogP contribution in [0.15, 0.2) is 22.8 Å². The second-order valence-electron chi connectivity index (χ2n) is 2.29.